The van der Waals surface area contributed by atoms with Gasteiger partial charge in [-0.05, 0) is 50.2 Å². The number of methoxy groups -OCH3 is 2. The Kier molecular flexibility index (Phi) is 5.90. The molecule has 0 unspecified atom stereocenters. The van der Waals surface area contributed by atoms with Gasteiger partial charge in [-0.3, -0.25) is 9.89 Å². The summed E-state index contributed by atoms with van der Waals surface area (Å²) in [6.45, 7) is 3.13. The number of carbonyl (C=O) groups is 1. The fourth-order valence-corrected chi connectivity index (χ4v) is 3.43. The number of hydrogen-bond donors (Lipinski definition) is 3. The number of aromatic nitrogens is 2. The monoisotopic (exact) mass is 358 g/mol. The molecular formula is C19H26N4O3. The molecular weight excluding hydrogens is 332 g/mol. The van der Waals surface area contributed by atoms with Crippen molar-refractivity contribution < 1.29 is 14.3 Å². The second kappa shape index (κ2) is 8.33. The normalized spacial score (nSPS) is 16.2. The lowest BCUT2D eigenvalue weighted by Crippen LogP contribution is -2.47. The molecule has 1 amide bonds. The largest absolute Gasteiger partial charge is 0.497 e. The number of H-pyrrole nitrogens is 1. The highest BCUT2D eigenvalue weighted by atomic mass is 16.5. The molecule has 7 nitrogen and oxygen atoms in total. The summed E-state index contributed by atoms with van der Waals surface area (Å²) in [5.41, 5.74) is 2.12. The molecule has 3 N–H and O–H groups in total. The number of amides is 1. The van der Waals surface area contributed by atoms with Crippen LogP contribution in [0.25, 0.3) is 11.3 Å². The summed E-state index contributed by atoms with van der Waals surface area (Å²) < 4.78 is 10.6. The first-order valence-electron chi connectivity index (χ1n) is 8.83. The molecule has 0 radical (unpaired) electrons. The average molecular weight is 358 g/mol. The van der Waals surface area contributed by atoms with Crippen molar-refractivity contribution in [3.05, 3.63) is 36.0 Å². The topological polar surface area (TPSA) is 88.3 Å². The molecule has 1 fully saturated rings. The minimum atomic E-state index is -0.126. The summed E-state index contributed by atoms with van der Waals surface area (Å²) in [5, 5.41) is 13.4. The molecule has 3 rings (SSSR count). The van der Waals surface area contributed by atoms with Crippen LogP contribution in [-0.2, 0) is 4.74 Å². The zero-order chi connectivity index (χ0) is 18.4. The maximum absolute atomic E-state index is 12.8. The predicted molar refractivity (Wildman–Crippen MR) is 99.3 cm³/mol. The third-order valence-electron chi connectivity index (χ3n) is 5.00. The van der Waals surface area contributed by atoms with Crippen molar-refractivity contribution in [3.8, 4) is 17.0 Å². The Bertz CT molecular complexity index is 715. The lowest BCUT2D eigenvalue weighted by molar-refractivity contribution is 0.0512. The van der Waals surface area contributed by atoms with Gasteiger partial charge in [0.05, 0.1) is 31.2 Å². The first kappa shape index (κ1) is 18.4. The SMILES string of the molecule is COCC1(CNC(=O)c2cn[nH]c2-c2ccc(OC)cc2)CCNCC1. The van der Waals surface area contributed by atoms with E-state index in [2.05, 4.69) is 20.8 Å². The molecule has 7 heteroatoms. The number of nitrogens with one attached hydrogen (secondary N) is 3. The third kappa shape index (κ3) is 4.05. The van der Waals surface area contributed by atoms with Gasteiger partial charge < -0.3 is 20.1 Å². The number of hydrogen-bond acceptors (Lipinski definition) is 5. The second-order valence-corrected chi connectivity index (χ2v) is 6.75. The van der Waals surface area contributed by atoms with E-state index in [1.165, 1.54) is 0 Å². The van der Waals surface area contributed by atoms with Crippen molar-refractivity contribution >= 4 is 5.91 Å². The first-order chi connectivity index (χ1) is 12.7. The molecule has 1 aromatic heterocycles. The molecule has 1 aliphatic heterocycles. The van der Waals surface area contributed by atoms with E-state index in [0.717, 1.165) is 37.2 Å². The van der Waals surface area contributed by atoms with Crippen LogP contribution in [-0.4, -0.2) is 56.6 Å². The van der Waals surface area contributed by atoms with Crippen LogP contribution in [0.1, 0.15) is 23.2 Å². The molecule has 0 bridgehead atoms. The van der Waals surface area contributed by atoms with Crippen LogP contribution in [0.5, 0.6) is 5.75 Å². The molecule has 2 aromatic rings. The molecule has 140 valence electrons. The van der Waals surface area contributed by atoms with Crippen LogP contribution < -0.4 is 15.4 Å². The van der Waals surface area contributed by atoms with Crippen molar-refractivity contribution in [1.82, 2.24) is 20.8 Å². The van der Waals surface area contributed by atoms with E-state index in [1.54, 1.807) is 20.4 Å². The second-order valence-electron chi connectivity index (χ2n) is 6.75. The summed E-state index contributed by atoms with van der Waals surface area (Å²) >= 11 is 0. The third-order valence-corrected chi connectivity index (χ3v) is 5.00. The van der Waals surface area contributed by atoms with Gasteiger partial charge in [-0.1, -0.05) is 0 Å². The van der Waals surface area contributed by atoms with E-state index in [9.17, 15) is 4.79 Å². The van der Waals surface area contributed by atoms with Gasteiger partial charge in [0.2, 0.25) is 0 Å². The van der Waals surface area contributed by atoms with E-state index < -0.39 is 0 Å². The number of benzene rings is 1. The van der Waals surface area contributed by atoms with Crippen LogP contribution in [0.2, 0.25) is 0 Å². The number of rotatable bonds is 7. The number of aromatic amines is 1. The molecule has 1 aromatic carbocycles. The number of nitrogens with zero attached hydrogens (tertiary/aromatic N) is 1. The number of ether oxygens (including phenoxy) is 2. The maximum Gasteiger partial charge on any atom is 0.255 e. The smallest absolute Gasteiger partial charge is 0.255 e. The molecule has 0 aliphatic carbocycles. The van der Waals surface area contributed by atoms with E-state index in [0.29, 0.717) is 24.4 Å². The Morgan fingerprint density at radius 2 is 1.96 bits per heavy atom. The highest BCUT2D eigenvalue weighted by Gasteiger charge is 2.32. The Balaban J connectivity index is 1.71. The van der Waals surface area contributed by atoms with E-state index in [1.807, 2.05) is 24.3 Å². The Labute approximate surface area is 153 Å². The highest BCUT2D eigenvalue weighted by molar-refractivity contribution is 5.99. The number of carbonyl (C=O) groups excluding carboxylic acids is 1. The van der Waals surface area contributed by atoms with Gasteiger partial charge in [0.15, 0.2) is 0 Å². The van der Waals surface area contributed by atoms with E-state index in [-0.39, 0.29) is 11.3 Å². The molecule has 26 heavy (non-hydrogen) atoms. The fourth-order valence-electron chi connectivity index (χ4n) is 3.43. The summed E-state index contributed by atoms with van der Waals surface area (Å²) in [6, 6.07) is 7.53. The van der Waals surface area contributed by atoms with Gasteiger partial charge in [0.1, 0.15) is 5.75 Å². The molecule has 1 saturated heterocycles. The minimum Gasteiger partial charge on any atom is -0.497 e. The van der Waals surface area contributed by atoms with Gasteiger partial charge in [-0.25, -0.2) is 0 Å². The van der Waals surface area contributed by atoms with Crippen LogP contribution in [0.3, 0.4) is 0 Å². The lowest BCUT2D eigenvalue weighted by Gasteiger charge is -2.37. The molecule has 0 saturated carbocycles. The Morgan fingerprint density at radius 1 is 1.23 bits per heavy atom. The van der Waals surface area contributed by atoms with Gasteiger partial charge in [0, 0.05) is 24.6 Å². The first-order valence-corrected chi connectivity index (χ1v) is 8.83. The highest BCUT2D eigenvalue weighted by Crippen LogP contribution is 2.29. The molecule has 0 spiro atoms. The van der Waals surface area contributed by atoms with E-state index >= 15 is 0 Å². The molecule has 2 heterocycles. The minimum absolute atomic E-state index is 0.0142. The fraction of sp³-hybridized carbons (Fsp3) is 0.474. The van der Waals surface area contributed by atoms with E-state index in [4.69, 9.17) is 9.47 Å². The van der Waals surface area contributed by atoms with Crippen molar-refractivity contribution in [2.45, 2.75) is 12.8 Å². The molecule has 0 atom stereocenters. The van der Waals surface area contributed by atoms with Crippen molar-refractivity contribution in [3.63, 3.8) is 0 Å². The Morgan fingerprint density at radius 3 is 2.62 bits per heavy atom. The standard InChI is InChI=1S/C19H26N4O3/c1-25-13-19(7-9-20-10-8-19)12-21-18(24)16-11-22-23-17(16)14-3-5-15(26-2)6-4-14/h3-6,11,20H,7-10,12-13H2,1-2H3,(H,21,24)(H,22,23). The number of piperidine rings is 1. The summed E-state index contributed by atoms with van der Waals surface area (Å²) in [4.78, 5) is 12.8. The van der Waals surface area contributed by atoms with Crippen molar-refractivity contribution in [2.24, 2.45) is 5.41 Å². The maximum atomic E-state index is 12.8. The zero-order valence-corrected chi connectivity index (χ0v) is 15.3. The lowest BCUT2D eigenvalue weighted by atomic mass is 9.79. The van der Waals surface area contributed by atoms with Gasteiger partial charge in [-0.2, -0.15) is 5.10 Å². The predicted octanol–water partition coefficient (Wildman–Crippen LogP) is 1.83. The van der Waals surface area contributed by atoms with Crippen LogP contribution >= 0.6 is 0 Å². The summed E-state index contributed by atoms with van der Waals surface area (Å²) in [5.74, 6) is 0.644. The van der Waals surface area contributed by atoms with Gasteiger partial charge >= 0.3 is 0 Å². The van der Waals surface area contributed by atoms with Gasteiger partial charge in [0.25, 0.3) is 5.91 Å². The van der Waals surface area contributed by atoms with Crippen molar-refractivity contribution in [1.29, 1.82) is 0 Å². The zero-order valence-electron chi connectivity index (χ0n) is 15.3. The Hall–Kier alpha value is -2.38. The average Bonchev–Trinajstić information content (AvgIpc) is 3.17. The van der Waals surface area contributed by atoms with Crippen LogP contribution in [0.15, 0.2) is 30.5 Å². The summed E-state index contributed by atoms with van der Waals surface area (Å²) in [6.07, 6.45) is 3.54. The van der Waals surface area contributed by atoms with Gasteiger partial charge in [-0.15, -0.1) is 0 Å². The summed E-state index contributed by atoms with van der Waals surface area (Å²) in [7, 11) is 3.34. The van der Waals surface area contributed by atoms with Crippen molar-refractivity contribution in [2.75, 3.05) is 40.5 Å². The molecule has 1 aliphatic rings. The van der Waals surface area contributed by atoms with Crippen LogP contribution in [0, 0.1) is 5.41 Å². The quantitative estimate of drug-likeness (QED) is 0.703. The van der Waals surface area contributed by atoms with Crippen LogP contribution in [0.4, 0.5) is 0 Å².